The van der Waals surface area contributed by atoms with Gasteiger partial charge in [-0.3, -0.25) is 4.98 Å². The molecule has 2 heterocycles. The SMILES string of the molecule is Cc1cnc(-c2ccncc2N)nc1C. The molecule has 0 aliphatic carbocycles. The fraction of sp³-hybridized carbons (Fsp3) is 0.182. The summed E-state index contributed by atoms with van der Waals surface area (Å²) in [5.41, 5.74) is 9.27. The standard InChI is InChI=1S/C11H12N4/c1-7-5-14-11(15-8(7)2)9-3-4-13-6-10(9)12/h3-6H,12H2,1-2H3. The maximum atomic E-state index is 5.80. The summed E-state index contributed by atoms with van der Waals surface area (Å²) in [5, 5.41) is 0. The Balaban J connectivity index is 2.55. The number of rotatable bonds is 1. The average molecular weight is 200 g/mol. The van der Waals surface area contributed by atoms with Gasteiger partial charge >= 0.3 is 0 Å². The summed E-state index contributed by atoms with van der Waals surface area (Å²) in [6.45, 7) is 3.94. The molecule has 0 aliphatic heterocycles. The quantitative estimate of drug-likeness (QED) is 0.761. The molecule has 2 aromatic rings. The lowest BCUT2D eigenvalue weighted by atomic mass is 10.2. The third-order valence-corrected chi connectivity index (χ3v) is 2.32. The molecule has 0 saturated heterocycles. The molecule has 0 saturated carbocycles. The van der Waals surface area contributed by atoms with E-state index in [0.29, 0.717) is 11.5 Å². The summed E-state index contributed by atoms with van der Waals surface area (Å²) in [6, 6.07) is 1.82. The van der Waals surface area contributed by atoms with Crippen LogP contribution in [-0.4, -0.2) is 15.0 Å². The number of hydrogen-bond donors (Lipinski definition) is 1. The van der Waals surface area contributed by atoms with E-state index >= 15 is 0 Å². The number of nitrogens with two attached hydrogens (primary N) is 1. The van der Waals surface area contributed by atoms with Crippen molar-refractivity contribution in [2.45, 2.75) is 13.8 Å². The van der Waals surface area contributed by atoms with Crippen LogP contribution >= 0.6 is 0 Å². The Morgan fingerprint density at radius 3 is 2.67 bits per heavy atom. The van der Waals surface area contributed by atoms with Crippen LogP contribution in [0, 0.1) is 13.8 Å². The highest BCUT2D eigenvalue weighted by Crippen LogP contribution is 2.21. The third kappa shape index (κ3) is 1.79. The molecule has 0 bridgehead atoms. The summed E-state index contributed by atoms with van der Waals surface area (Å²) in [7, 11) is 0. The second-order valence-corrected chi connectivity index (χ2v) is 3.42. The van der Waals surface area contributed by atoms with Crippen molar-refractivity contribution in [1.29, 1.82) is 0 Å². The minimum absolute atomic E-state index is 0.598. The monoisotopic (exact) mass is 200 g/mol. The molecule has 0 radical (unpaired) electrons. The Kier molecular flexibility index (Phi) is 2.33. The van der Waals surface area contributed by atoms with Crippen molar-refractivity contribution in [2.24, 2.45) is 0 Å². The van der Waals surface area contributed by atoms with E-state index in [1.807, 2.05) is 19.9 Å². The van der Waals surface area contributed by atoms with Crippen molar-refractivity contribution in [3.8, 4) is 11.4 Å². The second-order valence-electron chi connectivity index (χ2n) is 3.42. The fourth-order valence-electron chi connectivity index (χ4n) is 1.27. The first-order valence-corrected chi connectivity index (χ1v) is 4.68. The van der Waals surface area contributed by atoms with E-state index in [1.165, 1.54) is 0 Å². The van der Waals surface area contributed by atoms with Gasteiger partial charge in [0.05, 0.1) is 11.9 Å². The fourth-order valence-corrected chi connectivity index (χ4v) is 1.27. The topological polar surface area (TPSA) is 64.7 Å². The molecule has 0 spiro atoms. The van der Waals surface area contributed by atoms with Crippen LogP contribution in [0.4, 0.5) is 5.69 Å². The van der Waals surface area contributed by atoms with Crippen LogP contribution in [0.1, 0.15) is 11.3 Å². The minimum Gasteiger partial charge on any atom is -0.397 e. The van der Waals surface area contributed by atoms with Gasteiger partial charge in [0, 0.05) is 23.7 Å². The number of nitrogen functional groups attached to an aromatic ring is 1. The molecular weight excluding hydrogens is 188 g/mol. The van der Waals surface area contributed by atoms with E-state index in [1.54, 1.807) is 18.6 Å². The van der Waals surface area contributed by atoms with Gasteiger partial charge < -0.3 is 5.73 Å². The molecule has 76 valence electrons. The Hall–Kier alpha value is -1.97. The molecule has 2 N–H and O–H groups in total. The Labute approximate surface area is 88.2 Å². The normalized spacial score (nSPS) is 10.3. The number of anilines is 1. The number of hydrogen-bond acceptors (Lipinski definition) is 4. The van der Waals surface area contributed by atoms with Gasteiger partial charge in [-0.1, -0.05) is 0 Å². The zero-order valence-corrected chi connectivity index (χ0v) is 8.73. The van der Waals surface area contributed by atoms with Crippen molar-refractivity contribution in [3.05, 3.63) is 35.9 Å². The van der Waals surface area contributed by atoms with Gasteiger partial charge in [-0.25, -0.2) is 9.97 Å². The van der Waals surface area contributed by atoms with Crippen molar-refractivity contribution in [3.63, 3.8) is 0 Å². The van der Waals surface area contributed by atoms with Crippen LogP contribution in [0.3, 0.4) is 0 Å². The summed E-state index contributed by atoms with van der Waals surface area (Å²) in [6.07, 6.45) is 5.09. The minimum atomic E-state index is 0.598. The third-order valence-electron chi connectivity index (χ3n) is 2.32. The Morgan fingerprint density at radius 1 is 1.20 bits per heavy atom. The Morgan fingerprint density at radius 2 is 2.00 bits per heavy atom. The maximum Gasteiger partial charge on any atom is 0.161 e. The summed E-state index contributed by atoms with van der Waals surface area (Å²) in [5.74, 6) is 0.651. The molecule has 15 heavy (non-hydrogen) atoms. The number of aromatic nitrogens is 3. The lowest BCUT2D eigenvalue weighted by Gasteiger charge is -2.05. The largest absolute Gasteiger partial charge is 0.397 e. The zero-order valence-electron chi connectivity index (χ0n) is 8.73. The second kappa shape index (κ2) is 3.65. The highest BCUT2D eigenvalue weighted by Gasteiger charge is 2.06. The summed E-state index contributed by atoms with van der Waals surface area (Å²) < 4.78 is 0. The van der Waals surface area contributed by atoms with E-state index in [9.17, 15) is 0 Å². The highest BCUT2D eigenvalue weighted by atomic mass is 14.9. The van der Waals surface area contributed by atoms with Crippen LogP contribution < -0.4 is 5.73 Å². The highest BCUT2D eigenvalue weighted by molar-refractivity contribution is 5.70. The number of nitrogens with zero attached hydrogens (tertiary/aromatic N) is 3. The van der Waals surface area contributed by atoms with Gasteiger partial charge in [-0.15, -0.1) is 0 Å². The molecule has 0 atom stereocenters. The van der Waals surface area contributed by atoms with Crippen molar-refractivity contribution >= 4 is 5.69 Å². The molecule has 2 aromatic heterocycles. The van der Waals surface area contributed by atoms with Crippen LogP contribution in [0.5, 0.6) is 0 Å². The average Bonchev–Trinajstić information content (AvgIpc) is 2.23. The van der Waals surface area contributed by atoms with Crippen LogP contribution in [-0.2, 0) is 0 Å². The molecule has 0 fully saturated rings. The van der Waals surface area contributed by atoms with Gasteiger partial charge in [-0.05, 0) is 25.5 Å². The van der Waals surface area contributed by atoms with Gasteiger partial charge in [0.2, 0.25) is 0 Å². The number of aryl methyl sites for hydroxylation is 2. The number of pyridine rings is 1. The maximum absolute atomic E-state index is 5.80. The van der Waals surface area contributed by atoms with E-state index in [2.05, 4.69) is 15.0 Å². The summed E-state index contributed by atoms with van der Waals surface area (Å²) >= 11 is 0. The smallest absolute Gasteiger partial charge is 0.161 e. The first-order chi connectivity index (χ1) is 7.18. The molecule has 0 unspecified atom stereocenters. The van der Waals surface area contributed by atoms with Crippen LogP contribution in [0.15, 0.2) is 24.7 Å². The molecular formula is C11H12N4. The zero-order chi connectivity index (χ0) is 10.8. The van der Waals surface area contributed by atoms with E-state index < -0.39 is 0 Å². The van der Waals surface area contributed by atoms with Gasteiger partial charge in [0.15, 0.2) is 5.82 Å². The first kappa shape index (κ1) is 9.58. The van der Waals surface area contributed by atoms with Crippen molar-refractivity contribution in [2.75, 3.05) is 5.73 Å². The van der Waals surface area contributed by atoms with E-state index in [0.717, 1.165) is 16.8 Å². The van der Waals surface area contributed by atoms with E-state index in [4.69, 9.17) is 5.73 Å². The predicted molar refractivity (Wildman–Crippen MR) is 59.1 cm³/mol. The lowest BCUT2D eigenvalue weighted by molar-refractivity contribution is 1.07. The van der Waals surface area contributed by atoms with Crippen LogP contribution in [0.2, 0.25) is 0 Å². The molecule has 4 heteroatoms. The lowest BCUT2D eigenvalue weighted by Crippen LogP contribution is -1.97. The van der Waals surface area contributed by atoms with Crippen molar-refractivity contribution < 1.29 is 0 Å². The van der Waals surface area contributed by atoms with Crippen molar-refractivity contribution in [1.82, 2.24) is 15.0 Å². The van der Waals surface area contributed by atoms with Gasteiger partial charge in [0.1, 0.15) is 0 Å². The molecule has 0 amide bonds. The molecule has 4 nitrogen and oxygen atoms in total. The predicted octanol–water partition coefficient (Wildman–Crippen LogP) is 1.74. The van der Waals surface area contributed by atoms with Gasteiger partial charge in [-0.2, -0.15) is 0 Å². The molecule has 0 aromatic carbocycles. The first-order valence-electron chi connectivity index (χ1n) is 4.68. The molecule has 0 aliphatic rings. The molecule has 2 rings (SSSR count). The van der Waals surface area contributed by atoms with Gasteiger partial charge in [0.25, 0.3) is 0 Å². The Bertz CT molecular complexity index is 494. The summed E-state index contributed by atoms with van der Waals surface area (Å²) in [4.78, 5) is 12.6. The van der Waals surface area contributed by atoms with Crippen LogP contribution in [0.25, 0.3) is 11.4 Å². The van der Waals surface area contributed by atoms with E-state index in [-0.39, 0.29) is 0 Å².